The molecule has 0 saturated heterocycles. The molecule has 78 heavy (non-hydrogen) atoms. The van der Waals surface area contributed by atoms with E-state index in [2.05, 4.69) is 297 Å². The highest BCUT2D eigenvalue weighted by Crippen LogP contribution is 2.56. The van der Waals surface area contributed by atoms with Gasteiger partial charge in [-0.2, -0.15) is 0 Å². The van der Waals surface area contributed by atoms with Crippen molar-refractivity contribution in [1.82, 2.24) is 8.80 Å². The molecule has 4 heteroatoms. The number of rotatable bonds is 8. The van der Waals surface area contributed by atoms with E-state index < -0.39 is 0 Å². The van der Waals surface area contributed by atoms with E-state index in [1.54, 1.807) is 0 Å². The third kappa shape index (κ3) is 6.78. The van der Waals surface area contributed by atoms with Crippen LogP contribution in [-0.4, -0.2) is 14.8 Å². The molecule has 1 atom stereocenters. The van der Waals surface area contributed by atoms with E-state index >= 15 is 0 Å². The first kappa shape index (κ1) is 46.2. The maximum absolute atomic E-state index is 2.65. The first-order chi connectivity index (χ1) is 38.0. The number of fused-ring (bicyclic) bond motifs is 12. The molecule has 0 N–H and O–H groups in total. The number of anilines is 5. The van der Waals surface area contributed by atoms with Gasteiger partial charge in [0.2, 0.25) is 0 Å². The fourth-order valence-electron chi connectivity index (χ4n) is 13.5. The Bertz CT molecular complexity index is 4680. The van der Waals surface area contributed by atoms with E-state index in [9.17, 15) is 0 Å². The number of allylic oxidation sites excluding steroid dienone is 2. The molecule has 14 aromatic rings. The minimum absolute atomic E-state index is 0.0363. The minimum Gasteiger partial charge on any atom is -0.334 e. The highest BCUT2D eigenvalue weighted by Gasteiger charge is 2.33. The third-order valence-electron chi connectivity index (χ3n) is 17.0. The van der Waals surface area contributed by atoms with E-state index in [0.717, 1.165) is 23.5 Å². The maximum atomic E-state index is 2.65. The van der Waals surface area contributed by atoms with Crippen molar-refractivity contribution < 1.29 is 0 Å². The van der Waals surface area contributed by atoms with Crippen LogP contribution in [0.25, 0.3) is 98.4 Å². The van der Waals surface area contributed by atoms with Crippen molar-refractivity contribution in [1.29, 1.82) is 0 Å². The molecule has 15 rings (SSSR count). The highest BCUT2D eigenvalue weighted by molar-refractivity contribution is 6.39. The van der Waals surface area contributed by atoms with Crippen LogP contribution in [0.1, 0.15) is 53.5 Å². The first-order valence-electron chi connectivity index (χ1n) is 27.7. The SMILES string of the molecule is CC(C)(C)C1=CCC(N(c2ccccc2)c2cccc3c2c2cccc4c5c(-c6ccccc6)c6c(c(-c7ccccc7)c5n3c24)c2cccc3c4c(N(c5ccccc5)c5ccc(C(C)(C)C)cc5)cccc4n6c32)C=C1. The van der Waals surface area contributed by atoms with Crippen molar-refractivity contribution in [3.63, 3.8) is 0 Å². The molecule has 376 valence electrons. The van der Waals surface area contributed by atoms with Gasteiger partial charge in [-0.05, 0) is 100 Å². The van der Waals surface area contributed by atoms with Crippen molar-refractivity contribution in [2.45, 2.75) is 59.4 Å². The Hall–Kier alpha value is -9.12. The van der Waals surface area contributed by atoms with Crippen LogP contribution < -0.4 is 9.80 Å². The summed E-state index contributed by atoms with van der Waals surface area (Å²) in [5, 5.41) is 10.0. The van der Waals surface area contributed by atoms with Crippen molar-refractivity contribution >= 4 is 105 Å². The average molecular weight is 1010 g/mol. The van der Waals surface area contributed by atoms with Gasteiger partial charge >= 0.3 is 0 Å². The molecule has 4 nitrogen and oxygen atoms in total. The summed E-state index contributed by atoms with van der Waals surface area (Å²) in [6, 6.07) is 81.8. The summed E-state index contributed by atoms with van der Waals surface area (Å²) < 4.78 is 5.29. The van der Waals surface area contributed by atoms with Gasteiger partial charge in [0.05, 0.1) is 50.5 Å². The number of hydrogen-bond donors (Lipinski definition) is 0. The molecule has 1 unspecified atom stereocenters. The lowest BCUT2D eigenvalue weighted by Gasteiger charge is -2.35. The maximum Gasteiger partial charge on any atom is 0.0634 e. The van der Waals surface area contributed by atoms with Crippen LogP contribution in [0.15, 0.2) is 242 Å². The zero-order chi connectivity index (χ0) is 52.6. The smallest absolute Gasteiger partial charge is 0.0634 e. The zero-order valence-electron chi connectivity index (χ0n) is 45.1. The Labute approximate surface area is 455 Å². The van der Waals surface area contributed by atoms with Crippen LogP contribution in [0.5, 0.6) is 0 Å². The Morgan fingerprint density at radius 2 is 0.821 bits per heavy atom. The number of hydrogen-bond acceptors (Lipinski definition) is 2. The predicted octanol–water partition coefficient (Wildman–Crippen LogP) is 20.5. The summed E-state index contributed by atoms with van der Waals surface area (Å²) in [5.41, 5.74) is 20.9. The van der Waals surface area contributed by atoms with Gasteiger partial charge < -0.3 is 18.6 Å². The molecular formula is C74H60N4. The fraction of sp³-hybridized carbons (Fsp3) is 0.135. The van der Waals surface area contributed by atoms with Gasteiger partial charge in [0, 0.05) is 71.3 Å². The van der Waals surface area contributed by atoms with Gasteiger partial charge in [-0.3, -0.25) is 0 Å². The average Bonchev–Trinajstić information content (AvgIpc) is 3.78. The second-order valence-corrected chi connectivity index (χ2v) is 23.6. The van der Waals surface area contributed by atoms with Crippen molar-refractivity contribution in [3.05, 3.63) is 248 Å². The highest BCUT2D eigenvalue weighted by atomic mass is 15.2. The molecule has 0 amide bonds. The van der Waals surface area contributed by atoms with E-state index in [1.165, 1.54) is 121 Å². The third-order valence-corrected chi connectivity index (χ3v) is 17.0. The molecular weight excluding hydrogens is 945 g/mol. The molecule has 4 heterocycles. The lowest BCUT2D eigenvalue weighted by Crippen LogP contribution is -2.31. The Morgan fingerprint density at radius 1 is 0.385 bits per heavy atom. The molecule has 4 aromatic heterocycles. The van der Waals surface area contributed by atoms with Gasteiger partial charge in [0.15, 0.2) is 0 Å². The van der Waals surface area contributed by atoms with Gasteiger partial charge in [-0.15, -0.1) is 0 Å². The number of benzene rings is 10. The Kier molecular flexibility index (Phi) is 10.2. The molecule has 0 fully saturated rings. The summed E-state index contributed by atoms with van der Waals surface area (Å²) >= 11 is 0. The second kappa shape index (κ2) is 17.2. The monoisotopic (exact) mass is 1000 g/mol. The van der Waals surface area contributed by atoms with E-state index in [0.29, 0.717) is 0 Å². The summed E-state index contributed by atoms with van der Waals surface area (Å²) in [7, 11) is 0. The summed E-state index contributed by atoms with van der Waals surface area (Å²) in [5.74, 6) is 0. The predicted molar refractivity (Wildman–Crippen MR) is 334 cm³/mol. The molecule has 0 bridgehead atoms. The lowest BCUT2D eigenvalue weighted by molar-refractivity contribution is 0.510. The molecule has 10 aromatic carbocycles. The number of para-hydroxylation sites is 4. The topological polar surface area (TPSA) is 15.3 Å². The van der Waals surface area contributed by atoms with Crippen molar-refractivity contribution in [3.8, 4) is 22.3 Å². The summed E-state index contributed by atoms with van der Waals surface area (Å²) in [6.45, 7) is 13.8. The van der Waals surface area contributed by atoms with Gasteiger partial charge in [-0.1, -0.05) is 217 Å². The van der Waals surface area contributed by atoms with Crippen LogP contribution in [0.4, 0.5) is 28.4 Å². The fourth-order valence-corrected chi connectivity index (χ4v) is 13.5. The zero-order valence-corrected chi connectivity index (χ0v) is 45.1. The Morgan fingerprint density at radius 3 is 1.29 bits per heavy atom. The van der Waals surface area contributed by atoms with E-state index in [-0.39, 0.29) is 16.9 Å². The van der Waals surface area contributed by atoms with Crippen LogP contribution in [0.3, 0.4) is 0 Å². The number of aromatic nitrogens is 2. The molecule has 0 saturated carbocycles. The molecule has 1 aliphatic carbocycles. The van der Waals surface area contributed by atoms with Crippen LogP contribution in [0, 0.1) is 5.41 Å². The normalized spacial score (nSPS) is 14.4. The van der Waals surface area contributed by atoms with Gasteiger partial charge in [0.1, 0.15) is 0 Å². The van der Waals surface area contributed by atoms with Crippen LogP contribution >= 0.6 is 0 Å². The number of nitrogens with zero attached hydrogens (tertiary/aromatic N) is 4. The summed E-state index contributed by atoms with van der Waals surface area (Å²) in [4.78, 5) is 5.05. The quantitative estimate of drug-likeness (QED) is 0.151. The van der Waals surface area contributed by atoms with Crippen molar-refractivity contribution in [2.75, 3.05) is 9.80 Å². The van der Waals surface area contributed by atoms with Crippen molar-refractivity contribution in [2.24, 2.45) is 5.41 Å². The van der Waals surface area contributed by atoms with Gasteiger partial charge in [0.25, 0.3) is 0 Å². The van der Waals surface area contributed by atoms with E-state index in [4.69, 9.17) is 0 Å². The van der Waals surface area contributed by atoms with Crippen LogP contribution in [0.2, 0.25) is 0 Å². The molecule has 0 spiro atoms. The first-order valence-corrected chi connectivity index (χ1v) is 27.7. The largest absolute Gasteiger partial charge is 0.334 e. The standard InChI is InChI=1S/C74H60N4/c1-73(2,3)49-39-43-53(44-40-49)75(51-27-15-9-16-28-51)59-35-21-37-61-65(59)55-31-19-33-57-67-64(48-25-13-8-14-26-48)72-68(63(47-23-11-7-12-24-47)71(67)77(61)69(55)57)58-34-20-32-56-66-60(36-22-38-62(66)78(72)70(56)58)76(52-29-17-10-18-30-52)54-45-41-50(42-46-54)74(4,5)6/h7-45,54H,46H2,1-6H3. The molecule has 0 aliphatic heterocycles. The molecule has 0 radical (unpaired) electrons. The van der Waals surface area contributed by atoms with Gasteiger partial charge in [-0.25, -0.2) is 0 Å². The van der Waals surface area contributed by atoms with E-state index in [1.807, 2.05) is 0 Å². The summed E-state index contributed by atoms with van der Waals surface area (Å²) in [6.07, 6.45) is 8.19. The minimum atomic E-state index is 0.0363. The lowest BCUT2D eigenvalue weighted by atomic mass is 9.82. The van der Waals surface area contributed by atoms with Crippen LogP contribution in [-0.2, 0) is 5.41 Å². The Balaban J connectivity index is 1.09. The second-order valence-electron chi connectivity index (χ2n) is 23.6. The molecule has 1 aliphatic rings.